The van der Waals surface area contributed by atoms with Crippen LogP contribution in [0, 0.1) is 19.7 Å². The number of amides is 1. The van der Waals surface area contributed by atoms with Gasteiger partial charge in [0.05, 0.1) is 4.90 Å². The highest BCUT2D eigenvalue weighted by Gasteiger charge is 2.17. The number of carbonyl (C=O) groups is 2. The molecule has 2 aromatic rings. The van der Waals surface area contributed by atoms with E-state index in [9.17, 15) is 22.4 Å². The zero-order valence-electron chi connectivity index (χ0n) is 14.8. The van der Waals surface area contributed by atoms with E-state index >= 15 is 0 Å². The second-order valence-corrected chi connectivity index (χ2v) is 7.56. The minimum atomic E-state index is -3.88. The molecular formula is C18H19FN2O5S. The third kappa shape index (κ3) is 6.15. The van der Waals surface area contributed by atoms with Gasteiger partial charge in [-0.2, -0.15) is 4.72 Å². The first-order valence-electron chi connectivity index (χ1n) is 7.95. The molecule has 2 rings (SSSR count). The van der Waals surface area contributed by atoms with Crippen molar-refractivity contribution in [3.63, 3.8) is 0 Å². The first-order valence-corrected chi connectivity index (χ1v) is 9.43. The van der Waals surface area contributed by atoms with E-state index in [1.54, 1.807) is 13.0 Å². The average Bonchev–Trinajstić information content (AvgIpc) is 2.60. The minimum absolute atomic E-state index is 0.0299. The summed E-state index contributed by atoms with van der Waals surface area (Å²) in [6.45, 7) is 2.38. The van der Waals surface area contributed by atoms with Crippen molar-refractivity contribution in [2.75, 3.05) is 18.5 Å². The number of hydrogen-bond donors (Lipinski definition) is 2. The molecule has 2 N–H and O–H groups in total. The molecule has 0 saturated heterocycles. The molecule has 0 aliphatic rings. The predicted octanol–water partition coefficient (Wildman–Crippen LogP) is 1.90. The Morgan fingerprint density at radius 1 is 1.07 bits per heavy atom. The third-order valence-electron chi connectivity index (χ3n) is 3.67. The number of benzene rings is 2. The quantitative estimate of drug-likeness (QED) is 0.699. The van der Waals surface area contributed by atoms with E-state index in [1.807, 2.05) is 6.92 Å². The van der Waals surface area contributed by atoms with Crippen LogP contribution in [0.4, 0.5) is 10.1 Å². The topological polar surface area (TPSA) is 102 Å². The maximum absolute atomic E-state index is 13.0. The molecule has 0 spiro atoms. The van der Waals surface area contributed by atoms with Crippen LogP contribution in [0.1, 0.15) is 11.1 Å². The SMILES string of the molecule is Cc1ccc(S(=O)(=O)NCC(=O)OCC(=O)Nc2cccc(F)c2)cc1C. The molecule has 0 heterocycles. The Morgan fingerprint density at radius 3 is 2.48 bits per heavy atom. The van der Waals surface area contributed by atoms with Gasteiger partial charge in [-0.05, 0) is 55.3 Å². The van der Waals surface area contributed by atoms with Gasteiger partial charge in [-0.15, -0.1) is 0 Å². The summed E-state index contributed by atoms with van der Waals surface area (Å²) in [6.07, 6.45) is 0. The fourth-order valence-electron chi connectivity index (χ4n) is 2.08. The molecule has 0 aromatic heterocycles. The normalized spacial score (nSPS) is 11.1. The summed E-state index contributed by atoms with van der Waals surface area (Å²) in [4.78, 5) is 23.4. The maximum atomic E-state index is 13.0. The molecule has 144 valence electrons. The number of hydrogen-bond acceptors (Lipinski definition) is 5. The van der Waals surface area contributed by atoms with Crippen LogP contribution in [0.15, 0.2) is 47.4 Å². The van der Waals surface area contributed by atoms with Crippen molar-refractivity contribution >= 4 is 27.6 Å². The summed E-state index contributed by atoms with van der Waals surface area (Å²) >= 11 is 0. The van der Waals surface area contributed by atoms with Crippen molar-refractivity contribution < 1.29 is 27.1 Å². The van der Waals surface area contributed by atoms with Crippen LogP contribution in [0.3, 0.4) is 0 Å². The summed E-state index contributed by atoms with van der Waals surface area (Å²) in [5, 5.41) is 2.35. The Balaban J connectivity index is 1.83. The van der Waals surface area contributed by atoms with Crippen molar-refractivity contribution in [3.05, 3.63) is 59.4 Å². The van der Waals surface area contributed by atoms with Crippen LogP contribution in [-0.4, -0.2) is 33.4 Å². The van der Waals surface area contributed by atoms with Crippen LogP contribution in [0.2, 0.25) is 0 Å². The summed E-state index contributed by atoms with van der Waals surface area (Å²) < 4.78 is 44.2. The number of ether oxygens (including phenoxy) is 1. The third-order valence-corrected chi connectivity index (χ3v) is 5.07. The number of aryl methyl sites for hydroxylation is 2. The van der Waals surface area contributed by atoms with Crippen LogP contribution >= 0.6 is 0 Å². The van der Waals surface area contributed by atoms with Crippen LogP contribution in [0.5, 0.6) is 0 Å². The monoisotopic (exact) mass is 394 g/mol. The highest BCUT2D eigenvalue weighted by Crippen LogP contribution is 2.14. The van der Waals surface area contributed by atoms with Crippen LogP contribution < -0.4 is 10.0 Å². The van der Waals surface area contributed by atoms with Crippen molar-refractivity contribution in [1.82, 2.24) is 4.72 Å². The summed E-state index contributed by atoms with van der Waals surface area (Å²) in [5.41, 5.74) is 1.96. The molecule has 0 fully saturated rings. The van der Waals surface area contributed by atoms with E-state index < -0.39 is 40.9 Å². The number of sulfonamides is 1. The fraction of sp³-hybridized carbons (Fsp3) is 0.222. The predicted molar refractivity (Wildman–Crippen MR) is 97.1 cm³/mol. The highest BCUT2D eigenvalue weighted by molar-refractivity contribution is 7.89. The van der Waals surface area contributed by atoms with Crippen molar-refractivity contribution in [2.24, 2.45) is 0 Å². The lowest BCUT2D eigenvalue weighted by molar-refractivity contribution is -0.146. The van der Waals surface area contributed by atoms with Gasteiger partial charge in [0.1, 0.15) is 12.4 Å². The second-order valence-electron chi connectivity index (χ2n) is 5.79. The van der Waals surface area contributed by atoms with E-state index in [1.165, 1.54) is 30.3 Å². The van der Waals surface area contributed by atoms with Crippen LogP contribution in [-0.2, 0) is 24.3 Å². The average molecular weight is 394 g/mol. The first kappa shape index (κ1) is 20.5. The van der Waals surface area contributed by atoms with Gasteiger partial charge < -0.3 is 10.1 Å². The summed E-state index contributed by atoms with van der Waals surface area (Å²) in [5.74, 6) is -2.12. The molecule has 2 aromatic carbocycles. The van der Waals surface area contributed by atoms with Crippen LogP contribution in [0.25, 0.3) is 0 Å². The van der Waals surface area contributed by atoms with E-state index in [0.29, 0.717) is 0 Å². The zero-order valence-corrected chi connectivity index (χ0v) is 15.6. The van der Waals surface area contributed by atoms with Crippen molar-refractivity contribution in [1.29, 1.82) is 0 Å². The lowest BCUT2D eigenvalue weighted by atomic mass is 10.1. The van der Waals surface area contributed by atoms with E-state index in [-0.39, 0.29) is 10.6 Å². The van der Waals surface area contributed by atoms with Gasteiger partial charge in [0, 0.05) is 5.69 Å². The Hall–Kier alpha value is -2.78. The van der Waals surface area contributed by atoms with E-state index in [4.69, 9.17) is 4.74 Å². The van der Waals surface area contributed by atoms with E-state index in [2.05, 4.69) is 10.0 Å². The number of nitrogens with one attached hydrogen (secondary N) is 2. The lowest BCUT2D eigenvalue weighted by Gasteiger charge is -2.09. The molecule has 7 nitrogen and oxygen atoms in total. The maximum Gasteiger partial charge on any atom is 0.321 e. The lowest BCUT2D eigenvalue weighted by Crippen LogP contribution is -2.32. The van der Waals surface area contributed by atoms with Gasteiger partial charge in [0.15, 0.2) is 6.61 Å². The van der Waals surface area contributed by atoms with Gasteiger partial charge in [0.25, 0.3) is 5.91 Å². The molecule has 0 saturated carbocycles. The largest absolute Gasteiger partial charge is 0.455 e. The van der Waals surface area contributed by atoms with Gasteiger partial charge in [0.2, 0.25) is 10.0 Å². The molecule has 27 heavy (non-hydrogen) atoms. The summed E-state index contributed by atoms with van der Waals surface area (Å²) in [6, 6.07) is 9.81. The smallest absolute Gasteiger partial charge is 0.321 e. The second kappa shape index (κ2) is 8.74. The molecule has 0 bridgehead atoms. The molecule has 0 unspecified atom stereocenters. The van der Waals surface area contributed by atoms with Gasteiger partial charge >= 0.3 is 5.97 Å². The number of halogens is 1. The molecule has 9 heteroatoms. The molecular weight excluding hydrogens is 375 g/mol. The highest BCUT2D eigenvalue weighted by atomic mass is 32.2. The summed E-state index contributed by atoms with van der Waals surface area (Å²) in [7, 11) is -3.88. The Kier molecular flexibility index (Phi) is 6.65. The molecule has 1 amide bonds. The number of esters is 1. The first-order chi connectivity index (χ1) is 12.7. The minimum Gasteiger partial charge on any atom is -0.455 e. The molecule has 0 aliphatic carbocycles. The molecule has 0 radical (unpaired) electrons. The Bertz CT molecular complexity index is 960. The van der Waals surface area contributed by atoms with Gasteiger partial charge in [-0.1, -0.05) is 12.1 Å². The zero-order chi connectivity index (χ0) is 20.0. The number of carbonyl (C=O) groups excluding carboxylic acids is 2. The van der Waals surface area contributed by atoms with Crippen molar-refractivity contribution in [2.45, 2.75) is 18.7 Å². The Labute approximate surface area is 156 Å². The number of rotatable bonds is 7. The Morgan fingerprint density at radius 2 is 1.81 bits per heavy atom. The van der Waals surface area contributed by atoms with E-state index in [0.717, 1.165) is 17.2 Å². The molecule has 0 aliphatic heterocycles. The number of anilines is 1. The standard InChI is InChI=1S/C18H19FN2O5S/c1-12-6-7-16(8-13(12)2)27(24,25)20-10-18(23)26-11-17(22)21-15-5-3-4-14(19)9-15/h3-9,20H,10-11H2,1-2H3,(H,21,22). The van der Waals surface area contributed by atoms with Crippen molar-refractivity contribution in [3.8, 4) is 0 Å². The van der Waals surface area contributed by atoms with Gasteiger partial charge in [-0.25, -0.2) is 12.8 Å². The molecule has 0 atom stereocenters. The fourth-order valence-corrected chi connectivity index (χ4v) is 3.13. The van der Waals surface area contributed by atoms with Gasteiger partial charge in [-0.3, -0.25) is 9.59 Å².